The minimum atomic E-state index is -4.29. The summed E-state index contributed by atoms with van der Waals surface area (Å²) in [6.45, 7) is 5.61. The van der Waals surface area contributed by atoms with Gasteiger partial charge in [-0.15, -0.1) is 0 Å². The third-order valence-electron chi connectivity index (χ3n) is 2.99. The largest absolute Gasteiger partial charge is 0.416 e. The van der Waals surface area contributed by atoms with Crippen molar-refractivity contribution in [3.05, 3.63) is 35.4 Å². The number of hydrogen-bond acceptors (Lipinski definition) is 1. The third kappa shape index (κ3) is 5.05. The van der Waals surface area contributed by atoms with Gasteiger partial charge >= 0.3 is 6.18 Å². The first kappa shape index (κ1) is 15.7. The molecule has 0 aliphatic carbocycles. The number of rotatable bonds is 4. The van der Waals surface area contributed by atoms with E-state index in [1.54, 1.807) is 0 Å². The van der Waals surface area contributed by atoms with Crippen LogP contribution in [0.3, 0.4) is 0 Å². The van der Waals surface area contributed by atoms with Crippen molar-refractivity contribution in [3.8, 4) is 0 Å². The molecule has 0 radical (unpaired) electrons. The molecule has 0 spiro atoms. The first-order chi connectivity index (χ1) is 8.60. The van der Waals surface area contributed by atoms with Gasteiger partial charge in [0.25, 0.3) is 0 Å². The predicted octanol–water partition coefficient (Wildman–Crippen LogP) is 4.64. The van der Waals surface area contributed by atoms with Gasteiger partial charge in [-0.2, -0.15) is 13.2 Å². The summed E-state index contributed by atoms with van der Waals surface area (Å²) in [7, 11) is 0. The van der Waals surface area contributed by atoms with Crippen LogP contribution in [-0.4, -0.2) is 5.78 Å². The van der Waals surface area contributed by atoms with Crippen LogP contribution in [0.2, 0.25) is 0 Å². The van der Waals surface area contributed by atoms with E-state index in [4.69, 9.17) is 0 Å². The Morgan fingerprint density at radius 1 is 1.05 bits per heavy atom. The van der Waals surface area contributed by atoms with Crippen molar-refractivity contribution in [2.45, 2.75) is 46.2 Å². The van der Waals surface area contributed by atoms with E-state index in [9.17, 15) is 18.0 Å². The zero-order valence-electron chi connectivity index (χ0n) is 11.5. The fourth-order valence-corrected chi connectivity index (χ4v) is 1.69. The van der Waals surface area contributed by atoms with Crippen molar-refractivity contribution in [2.75, 3.05) is 0 Å². The van der Waals surface area contributed by atoms with Crippen LogP contribution in [0.1, 0.15) is 44.7 Å². The highest BCUT2D eigenvalue weighted by atomic mass is 19.4. The van der Waals surface area contributed by atoms with E-state index in [1.807, 2.05) is 20.8 Å². The Bertz CT molecular complexity index is 424. The van der Waals surface area contributed by atoms with Crippen molar-refractivity contribution in [3.63, 3.8) is 0 Å². The van der Waals surface area contributed by atoms with Crippen molar-refractivity contribution in [2.24, 2.45) is 5.41 Å². The van der Waals surface area contributed by atoms with E-state index in [0.717, 1.165) is 17.7 Å². The van der Waals surface area contributed by atoms with Gasteiger partial charge in [-0.1, -0.05) is 32.9 Å². The molecule has 4 heteroatoms. The van der Waals surface area contributed by atoms with E-state index in [0.29, 0.717) is 19.3 Å². The first-order valence-corrected chi connectivity index (χ1v) is 6.30. The SMILES string of the molecule is CC(C)(C)C(=O)CCCc1ccc(C(F)(F)F)cc1. The van der Waals surface area contributed by atoms with Crippen molar-refractivity contribution in [1.82, 2.24) is 0 Å². The van der Waals surface area contributed by atoms with Gasteiger partial charge in [0, 0.05) is 11.8 Å². The van der Waals surface area contributed by atoms with Gasteiger partial charge in [0.1, 0.15) is 5.78 Å². The Morgan fingerprint density at radius 3 is 2.00 bits per heavy atom. The molecule has 0 bridgehead atoms. The normalized spacial score (nSPS) is 12.5. The summed E-state index contributed by atoms with van der Waals surface area (Å²) in [5.41, 5.74) is -0.156. The second-order valence-corrected chi connectivity index (χ2v) is 5.72. The van der Waals surface area contributed by atoms with Crippen LogP contribution in [-0.2, 0) is 17.4 Å². The molecule has 0 saturated carbocycles. The summed E-state index contributed by atoms with van der Waals surface area (Å²) < 4.78 is 37.1. The lowest BCUT2D eigenvalue weighted by molar-refractivity contribution is -0.137. The molecule has 0 saturated heterocycles. The van der Waals surface area contributed by atoms with Crippen LogP contribution < -0.4 is 0 Å². The number of carbonyl (C=O) groups is 1. The minimum Gasteiger partial charge on any atom is -0.299 e. The maximum atomic E-state index is 12.4. The number of halogens is 3. The molecule has 0 N–H and O–H groups in total. The van der Waals surface area contributed by atoms with Crippen LogP contribution in [0, 0.1) is 5.41 Å². The Hall–Kier alpha value is -1.32. The fourth-order valence-electron chi connectivity index (χ4n) is 1.69. The lowest BCUT2D eigenvalue weighted by Gasteiger charge is -2.16. The number of alkyl halides is 3. The Balaban J connectivity index is 2.50. The van der Waals surface area contributed by atoms with E-state index < -0.39 is 11.7 Å². The molecule has 0 atom stereocenters. The maximum absolute atomic E-state index is 12.4. The van der Waals surface area contributed by atoms with E-state index in [1.165, 1.54) is 12.1 Å². The van der Waals surface area contributed by atoms with Crippen molar-refractivity contribution in [1.29, 1.82) is 0 Å². The Kier molecular flexibility index (Phi) is 4.77. The van der Waals surface area contributed by atoms with Crippen LogP contribution >= 0.6 is 0 Å². The Morgan fingerprint density at radius 2 is 1.58 bits per heavy atom. The second-order valence-electron chi connectivity index (χ2n) is 5.72. The summed E-state index contributed by atoms with van der Waals surface area (Å²) in [5.74, 6) is 0.180. The monoisotopic (exact) mass is 272 g/mol. The quantitative estimate of drug-likeness (QED) is 0.780. The number of hydrogen-bond donors (Lipinski definition) is 0. The van der Waals surface area contributed by atoms with Crippen LogP contribution in [0.5, 0.6) is 0 Å². The molecule has 106 valence electrons. The lowest BCUT2D eigenvalue weighted by Crippen LogP contribution is -2.19. The highest BCUT2D eigenvalue weighted by Crippen LogP contribution is 2.29. The van der Waals surface area contributed by atoms with Crippen molar-refractivity contribution >= 4 is 5.78 Å². The van der Waals surface area contributed by atoms with Gasteiger partial charge in [0.05, 0.1) is 5.56 Å². The zero-order chi connectivity index (χ0) is 14.7. The average Bonchev–Trinajstić information content (AvgIpc) is 2.27. The van der Waals surface area contributed by atoms with Gasteiger partial charge in [-0.3, -0.25) is 4.79 Å². The Labute approximate surface area is 111 Å². The number of ketones is 1. The third-order valence-corrected chi connectivity index (χ3v) is 2.99. The molecule has 0 aliphatic rings. The fraction of sp³-hybridized carbons (Fsp3) is 0.533. The molecule has 0 aromatic heterocycles. The molecule has 0 heterocycles. The summed E-state index contributed by atoms with van der Waals surface area (Å²) >= 11 is 0. The maximum Gasteiger partial charge on any atom is 0.416 e. The average molecular weight is 272 g/mol. The van der Waals surface area contributed by atoms with Crippen LogP contribution in [0.15, 0.2) is 24.3 Å². The standard InChI is InChI=1S/C15H19F3O/c1-14(2,3)13(19)6-4-5-11-7-9-12(10-8-11)15(16,17)18/h7-10H,4-6H2,1-3H3. The number of aryl methyl sites for hydroxylation is 1. The summed E-state index contributed by atoms with van der Waals surface area (Å²) in [5, 5.41) is 0. The van der Waals surface area contributed by atoms with Crippen LogP contribution in [0.4, 0.5) is 13.2 Å². The molecule has 19 heavy (non-hydrogen) atoms. The van der Waals surface area contributed by atoms with Gasteiger partial charge in [-0.25, -0.2) is 0 Å². The highest BCUT2D eigenvalue weighted by Gasteiger charge is 2.29. The summed E-state index contributed by atoms with van der Waals surface area (Å²) in [6.07, 6.45) is -2.54. The molecule has 0 fully saturated rings. The topological polar surface area (TPSA) is 17.1 Å². The van der Waals surface area contributed by atoms with Gasteiger partial charge in [0.2, 0.25) is 0 Å². The van der Waals surface area contributed by atoms with E-state index in [-0.39, 0.29) is 11.2 Å². The smallest absolute Gasteiger partial charge is 0.299 e. The molecule has 1 nitrogen and oxygen atoms in total. The first-order valence-electron chi connectivity index (χ1n) is 6.30. The second kappa shape index (κ2) is 5.76. The van der Waals surface area contributed by atoms with E-state index >= 15 is 0 Å². The van der Waals surface area contributed by atoms with Gasteiger partial charge < -0.3 is 0 Å². The van der Waals surface area contributed by atoms with Crippen LogP contribution in [0.25, 0.3) is 0 Å². The molecule has 0 amide bonds. The van der Waals surface area contributed by atoms with Crippen molar-refractivity contribution < 1.29 is 18.0 Å². The lowest BCUT2D eigenvalue weighted by atomic mass is 9.87. The summed E-state index contributed by atoms with van der Waals surface area (Å²) in [4.78, 5) is 11.7. The zero-order valence-corrected chi connectivity index (χ0v) is 11.5. The predicted molar refractivity (Wildman–Crippen MR) is 68.8 cm³/mol. The number of Topliss-reactive ketones (excluding diaryl/α,β-unsaturated/α-hetero) is 1. The molecule has 0 unspecified atom stereocenters. The highest BCUT2D eigenvalue weighted by molar-refractivity contribution is 5.83. The molecule has 1 aromatic carbocycles. The van der Waals surface area contributed by atoms with Gasteiger partial charge in [0.15, 0.2) is 0 Å². The molecule has 1 rings (SSSR count). The summed E-state index contributed by atoms with van der Waals surface area (Å²) in [6, 6.07) is 5.12. The van der Waals surface area contributed by atoms with E-state index in [2.05, 4.69) is 0 Å². The number of benzene rings is 1. The number of carbonyl (C=O) groups excluding carboxylic acids is 1. The van der Waals surface area contributed by atoms with Gasteiger partial charge in [-0.05, 0) is 30.5 Å². The minimum absolute atomic E-state index is 0.180. The molecular formula is C15H19F3O. The molecular weight excluding hydrogens is 253 g/mol. The molecule has 0 aliphatic heterocycles. The molecule has 1 aromatic rings.